The van der Waals surface area contributed by atoms with E-state index in [9.17, 15) is 9.90 Å². The summed E-state index contributed by atoms with van der Waals surface area (Å²) in [6, 6.07) is 0. The zero-order valence-electron chi connectivity index (χ0n) is 13.7. The van der Waals surface area contributed by atoms with E-state index in [2.05, 4.69) is 55.3 Å². The molecule has 23 heavy (non-hydrogen) atoms. The number of carbonyl (C=O) groups is 1. The molecule has 0 bridgehead atoms. The molecule has 9 heteroatoms. The minimum absolute atomic E-state index is 0.109. The molecule has 0 spiro atoms. The van der Waals surface area contributed by atoms with E-state index in [0.29, 0.717) is 0 Å². The minimum atomic E-state index is -1.22. The Hall–Kier alpha value is 1.15. The van der Waals surface area contributed by atoms with Gasteiger partial charge in [-0.3, -0.25) is 4.79 Å². The van der Waals surface area contributed by atoms with Crippen molar-refractivity contribution in [3.05, 3.63) is 0 Å². The monoisotopic (exact) mass is 586 g/mol. The summed E-state index contributed by atoms with van der Waals surface area (Å²) in [5, 5.41) is 13.5. The first-order valence-corrected chi connectivity index (χ1v) is 15.2. The molecule has 0 aromatic rings. The average Bonchev–Trinajstić information content (AvgIpc) is 2.63. The molecule has 0 radical (unpaired) electrons. The van der Waals surface area contributed by atoms with E-state index in [-0.39, 0.29) is 15.4 Å². The molecule has 1 N–H and O–H groups in total. The molecule has 2 atom stereocenters. The van der Waals surface area contributed by atoms with Crippen molar-refractivity contribution in [3.63, 3.8) is 0 Å². The number of ether oxygens (including phenoxy) is 3. The Morgan fingerprint density at radius 1 is 1.48 bits per heavy atom. The molecule has 1 saturated heterocycles. The molecular formula is C14H21I2O5PS. The highest BCUT2D eigenvalue weighted by Gasteiger charge is 2.50. The van der Waals surface area contributed by atoms with Crippen molar-refractivity contribution in [1.29, 1.82) is 0 Å². The van der Waals surface area contributed by atoms with Gasteiger partial charge in [-0.05, 0) is 95.3 Å². The smallest absolute Gasteiger partial charge is 0.309 e. The molecule has 1 aliphatic rings. The summed E-state index contributed by atoms with van der Waals surface area (Å²) in [5.41, 5.74) is -1.82. The number of hydrogen-bond acceptors (Lipinski definition) is 6. The molecular weight excluding hydrogens is 565 g/mol. The number of aliphatic hydroxyl groups is 1. The van der Waals surface area contributed by atoms with E-state index in [1.165, 1.54) is 11.4 Å². The topological polar surface area (TPSA) is 65.0 Å². The summed E-state index contributed by atoms with van der Waals surface area (Å²) >= 11 is 6.07. The van der Waals surface area contributed by atoms with Gasteiger partial charge in [-0.2, -0.15) is 0 Å². The van der Waals surface area contributed by atoms with Crippen molar-refractivity contribution in [2.45, 2.75) is 64.1 Å². The first-order chi connectivity index (χ1) is 10.4. The fraction of sp³-hybridized carbons (Fsp3) is 0.786. The highest BCUT2D eigenvalue weighted by atomic mass is 127. The fourth-order valence-electron chi connectivity index (χ4n) is 1.94. The zero-order chi connectivity index (χ0) is 17.9. The second kappa shape index (κ2) is 8.69. The quantitative estimate of drug-likeness (QED) is 0.228. The number of hydrogen-bond donors (Lipinski definition) is 1. The summed E-state index contributed by atoms with van der Waals surface area (Å²) in [5.74, 6) is 1.62. The Bertz CT molecular complexity index is 498. The van der Waals surface area contributed by atoms with Gasteiger partial charge >= 0.3 is 5.97 Å². The largest absolute Gasteiger partial charge is 0.460 e. The van der Waals surface area contributed by atoms with Crippen molar-refractivity contribution >= 4 is 63.8 Å². The van der Waals surface area contributed by atoms with Crippen LogP contribution in [0.5, 0.6) is 0 Å². The fourth-order valence-corrected chi connectivity index (χ4v) is 4.34. The summed E-state index contributed by atoms with van der Waals surface area (Å²) in [6.07, 6.45) is -1.32. The lowest BCUT2D eigenvalue weighted by Gasteiger charge is -2.29. The standard InChI is InChI=1S/C14H21I2O5PS/c1-12(2,3)20-11(18)8-10(17)14(6-7-23-22(15)16)9-19-13(4,5)21-14/h10,17H,8-9H2,1-5H3/t10-,14+/m0/s1. The average molecular weight is 586 g/mol. The van der Waals surface area contributed by atoms with Crippen LogP contribution in [-0.2, 0) is 19.0 Å². The minimum Gasteiger partial charge on any atom is -0.460 e. The third-order valence-electron chi connectivity index (χ3n) is 2.76. The Morgan fingerprint density at radius 3 is 2.52 bits per heavy atom. The predicted octanol–water partition coefficient (Wildman–Crippen LogP) is 4.39. The van der Waals surface area contributed by atoms with E-state index in [1.54, 1.807) is 34.6 Å². The number of esters is 1. The Morgan fingerprint density at radius 2 is 2.09 bits per heavy atom. The Labute approximate surface area is 168 Å². The predicted molar refractivity (Wildman–Crippen MR) is 111 cm³/mol. The summed E-state index contributed by atoms with van der Waals surface area (Å²) in [6.45, 7) is 8.97. The van der Waals surface area contributed by atoms with E-state index in [4.69, 9.17) is 14.2 Å². The first-order valence-electron chi connectivity index (χ1n) is 6.90. The second-order valence-electron chi connectivity index (χ2n) is 6.51. The molecule has 0 amide bonds. The van der Waals surface area contributed by atoms with Gasteiger partial charge in [0, 0.05) is 0 Å². The van der Waals surface area contributed by atoms with E-state index in [0.717, 1.165) is 0 Å². The lowest BCUT2D eigenvalue weighted by atomic mass is 9.96. The van der Waals surface area contributed by atoms with Gasteiger partial charge < -0.3 is 19.3 Å². The van der Waals surface area contributed by atoms with Crippen LogP contribution < -0.4 is 0 Å². The third-order valence-corrected chi connectivity index (χ3v) is 7.32. The van der Waals surface area contributed by atoms with Gasteiger partial charge in [0.25, 0.3) is 0 Å². The van der Waals surface area contributed by atoms with Gasteiger partial charge in [-0.15, -0.1) is 0 Å². The van der Waals surface area contributed by atoms with Crippen molar-refractivity contribution < 1.29 is 24.1 Å². The van der Waals surface area contributed by atoms with E-state index < -0.39 is 29.1 Å². The van der Waals surface area contributed by atoms with Gasteiger partial charge in [0.1, 0.15) is 11.7 Å². The lowest BCUT2D eigenvalue weighted by molar-refractivity contribution is -0.177. The molecule has 1 heterocycles. The van der Waals surface area contributed by atoms with Gasteiger partial charge in [0.2, 0.25) is 0 Å². The Balaban J connectivity index is 2.88. The molecule has 1 fully saturated rings. The van der Waals surface area contributed by atoms with Crippen LogP contribution in [0.15, 0.2) is 0 Å². The second-order valence-corrected chi connectivity index (χ2v) is 24.2. The first kappa shape index (κ1) is 22.2. The van der Waals surface area contributed by atoms with Gasteiger partial charge in [-0.25, -0.2) is 0 Å². The number of rotatable bonds is 4. The maximum atomic E-state index is 12.0. The molecule has 1 rings (SSSR count). The maximum absolute atomic E-state index is 12.0. The van der Waals surface area contributed by atoms with Gasteiger partial charge in [0.05, 0.1) is 15.4 Å². The summed E-state index contributed by atoms with van der Waals surface area (Å²) in [7, 11) is 0. The normalized spacial score (nSPS) is 24.9. The van der Waals surface area contributed by atoms with Crippen LogP contribution in [0, 0.1) is 11.2 Å². The van der Waals surface area contributed by atoms with Crippen LogP contribution in [-0.4, -0.2) is 40.8 Å². The third kappa shape index (κ3) is 7.92. The zero-order valence-corrected chi connectivity index (χ0v) is 19.7. The van der Waals surface area contributed by atoms with Crippen LogP contribution in [0.2, 0.25) is 0 Å². The molecule has 0 aromatic carbocycles. The highest BCUT2D eigenvalue weighted by Crippen LogP contribution is 2.64. The highest BCUT2D eigenvalue weighted by molar-refractivity contribution is 14.3. The summed E-state index contributed by atoms with van der Waals surface area (Å²) in [4.78, 5) is 12.0. The van der Waals surface area contributed by atoms with Crippen LogP contribution in [0.4, 0.5) is 0 Å². The maximum Gasteiger partial charge on any atom is 0.309 e. The van der Waals surface area contributed by atoms with Crippen molar-refractivity contribution in [1.82, 2.24) is 0 Å². The molecule has 0 saturated carbocycles. The van der Waals surface area contributed by atoms with E-state index >= 15 is 0 Å². The van der Waals surface area contributed by atoms with Crippen molar-refractivity contribution in [3.8, 4) is 11.2 Å². The van der Waals surface area contributed by atoms with Crippen molar-refractivity contribution in [2.75, 3.05) is 6.61 Å². The molecule has 0 aromatic heterocycles. The number of halogens is 2. The molecule has 5 nitrogen and oxygen atoms in total. The molecule has 132 valence electrons. The van der Waals surface area contributed by atoms with Gasteiger partial charge in [-0.1, -0.05) is 5.92 Å². The van der Waals surface area contributed by atoms with E-state index in [1.807, 2.05) is 0 Å². The lowest BCUT2D eigenvalue weighted by Crippen LogP contribution is -2.46. The SMILES string of the molecule is CC(C)(C)OC(=O)C[C@H](O)[C@@]1(C#CSP(I)I)COC(C)(C)O1. The van der Waals surface area contributed by atoms with Gasteiger partial charge in [0.15, 0.2) is 11.4 Å². The Kier molecular flexibility index (Phi) is 8.39. The summed E-state index contributed by atoms with van der Waals surface area (Å²) < 4.78 is 16.4. The molecule has 0 unspecified atom stereocenters. The van der Waals surface area contributed by atoms with Crippen LogP contribution in [0.25, 0.3) is 0 Å². The van der Waals surface area contributed by atoms with Crippen LogP contribution in [0.1, 0.15) is 41.0 Å². The molecule has 0 aliphatic carbocycles. The molecule has 1 aliphatic heterocycles. The number of aliphatic hydroxyl groups excluding tert-OH is 1. The number of carbonyl (C=O) groups excluding carboxylic acids is 1. The van der Waals surface area contributed by atoms with Crippen LogP contribution in [0.3, 0.4) is 0 Å². The van der Waals surface area contributed by atoms with Crippen LogP contribution >= 0.6 is 57.9 Å². The van der Waals surface area contributed by atoms with Crippen molar-refractivity contribution in [2.24, 2.45) is 0 Å².